The van der Waals surface area contributed by atoms with E-state index in [0.717, 1.165) is 6.42 Å². The molecule has 0 heterocycles. The maximum atomic E-state index is 11.8. The van der Waals surface area contributed by atoms with Crippen LogP contribution in [0.5, 0.6) is 0 Å². The second-order valence-electron chi connectivity index (χ2n) is 4.14. The quantitative estimate of drug-likeness (QED) is 0.732. The third kappa shape index (κ3) is 9.23. The molecule has 0 rings (SSSR count). The smallest absolute Gasteiger partial charge is 0.355 e. The van der Waals surface area contributed by atoms with E-state index in [1.807, 2.05) is 6.92 Å². The van der Waals surface area contributed by atoms with Crippen molar-refractivity contribution >= 4 is 18.3 Å². The average Bonchev–Trinajstić information content (AvgIpc) is 2.10. The zero-order valence-electron chi connectivity index (χ0n) is 10.1. The van der Waals surface area contributed by atoms with Gasteiger partial charge in [-0.15, -0.1) is 12.4 Å². The van der Waals surface area contributed by atoms with Crippen molar-refractivity contribution in [3.8, 4) is 0 Å². The molecule has 1 amide bonds. The zero-order chi connectivity index (χ0) is 12.8. The number of hydrogen-bond acceptors (Lipinski definition) is 2. The highest BCUT2D eigenvalue weighted by Crippen LogP contribution is 2.20. The second kappa shape index (κ2) is 7.76. The normalized spacial score (nSPS) is 14.7. The summed E-state index contributed by atoms with van der Waals surface area (Å²) in [6, 6.07) is 0. The maximum Gasteiger partial charge on any atom is 0.389 e. The molecule has 17 heavy (non-hydrogen) atoms. The molecule has 3 N–H and O–H groups in total. The third-order valence-corrected chi connectivity index (χ3v) is 2.21. The Morgan fingerprint density at radius 1 is 1.29 bits per heavy atom. The predicted molar refractivity (Wildman–Crippen MR) is 63.0 cm³/mol. The van der Waals surface area contributed by atoms with Crippen molar-refractivity contribution in [2.45, 2.75) is 51.2 Å². The van der Waals surface area contributed by atoms with Gasteiger partial charge in [-0.3, -0.25) is 4.79 Å². The molecule has 0 aromatic carbocycles. The van der Waals surface area contributed by atoms with Crippen LogP contribution in [0.1, 0.15) is 39.5 Å². The Morgan fingerprint density at radius 3 is 2.24 bits per heavy atom. The van der Waals surface area contributed by atoms with Gasteiger partial charge in [-0.1, -0.05) is 13.3 Å². The Kier molecular flexibility index (Phi) is 8.61. The standard InChI is InChI=1S/C10H19F3N2O.ClH/c1-3-5-9(2,14)8(16)15-7-4-6-10(11,12)13;/h3-7,14H2,1-2H3,(H,15,16);1H. The van der Waals surface area contributed by atoms with Gasteiger partial charge in [-0.2, -0.15) is 13.2 Å². The average molecular weight is 277 g/mol. The minimum Gasteiger partial charge on any atom is -0.355 e. The second-order valence-corrected chi connectivity index (χ2v) is 4.14. The van der Waals surface area contributed by atoms with Crippen molar-refractivity contribution in [3.63, 3.8) is 0 Å². The molecule has 0 aliphatic carbocycles. The molecule has 0 aromatic heterocycles. The number of amides is 1. The third-order valence-electron chi connectivity index (χ3n) is 2.21. The first-order chi connectivity index (χ1) is 7.19. The van der Waals surface area contributed by atoms with Crippen molar-refractivity contribution in [2.75, 3.05) is 6.54 Å². The van der Waals surface area contributed by atoms with Crippen LogP contribution in [0.3, 0.4) is 0 Å². The van der Waals surface area contributed by atoms with Crippen molar-refractivity contribution in [1.29, 1.82) is 0 Å². The lowest BCUT2D eigenvalue weighted by Crippen LogP contribution is -2.51. The van der Waals surface area contributed by atoms with Gasteiger partial charge in [0.1, 0.15) is 0 Å². The summed E-state index contributed by atoms with van der Waals surface area (Å²) in [5, 5.41) is 2.42. The van der Waals surface area contributed by atoms with Gasteiger partial charge in [0.15, 0.2) is 0 Å². The molecule has 7 heteroatoms. The lowest BCUT2D eigenvalue weighted by atomic mass is 9.96. The van der Waals surface area contributed by atoms with Crippen molar-refractivity contribution in [3.05, 3.63) is 0 Å². The Balaban J connectivity index is 0. The largest absolute Gasteiger partial charge is 0.389 e. The predicted octanol–water partition coefficient (Wildman–Crippen LogP) is 2.38. The summed E-state index contributed by atoms with van der Waals surface area (Å²) < 4.78 is 35.4. The topological polar surface area (TPSA) is 55.1 Å². The van der Waals surface area contributed by atoms with E-state index < -0.39 is 24.0 Å². The fraction of sp³-hybridized carbons (Fsp3) is 0.900. The first-order valence-electron chi connectivity index (χ1n) is 5.33. The van der Waals surface area contributed by atoms with E-state index >= 15 is 0 Å². The zero-order valence-corrected chi connectivity index (χ0v) is 10.9. The molecule has 0 aliphatic heterocycles. The first kappa shape index (κ1) is 18.9. The molecule has 0 bridgehead atoms. The highest BCUT2D eigenvalue weighted by Gasteiger charge is 2.28. The van der Waals surface area contributed by atoms with Gasteiger partial charge in [0.25, 0.3) is 0 Å². The molecule has 3 nitrogen and oxygen atoms in total. The van der Waals surface area contributed by atoms with Crippen LogP contribution >= 0.6 is 12.4 Å². The van der Waals surface area contributed by atoms with Gasteiger partial charge in [0, 0.05) is 13.0 Å². The van der Waals surface area contributed by atoms with Crippen LogP contribution in [0.25, 0.3) is 0 Å². The van der Waals surface area contributed by atoms with Gasteiger partial charge < -0.3 is 11.1 Å². The van der Waals surface area contributed by atoms with Gasteiger partial charge in [-0.05, 0) is 19.8 Å². The van der Waals surface area contributed by atoms with Gasteiger partial charge >= 0.3 is 6.18 Å². The summed E-state index contributed by atoms with van der Waals surface area (Å²) in [7, 11) is 0. The molecule has 0 radical (unpaired) electrons. The lowest BCUT2D eigenvalue weighted by molar-refractivity contribution is -0.136. The minimum absolute atomic E-state index is 0. The minimum atomic E-state index is -4.17. The molecule has 104 valence electrons. The van der Waals surface area contributed by atoms with E-state index in [0.29, 0.717) is 6.42 Å². The van der Waals surface area contributed by atoms with Crippen molar-refractivity contribution in [2.24, 2.45) is 5.73 Å². The van der Waals surface area contributed by atoms with Gasteiger partial charge in [-0.25, -0.2) is 0 Å². The fourth-order valence-corrected chi connectivity index (χ4v) is 1.33. The van der Waals surface area contributed by atoms with E-state index in [-0.39, 0.29) is 25.4 Å². The van der Waals surface area contributed by atoms with Crippen LogP contribution in [0.4, 0.5) is 13.2 Å². The van der Waals surface area contributed by atoms with Crippen LogP contribution in [0.15, 0.2) is 0 Å². The van der Waals surface area contributed by atoms with Crippen molar-refractivity contribution < 1.29 is 18.0 Å². The Bertz CT molecular complexity index is 232. The van der Waals surface area contributed by atoms with Gasteiger partial charge in [0.2, 0.25) is 5.91 Å². The lowest BCUT2D eigenvalue weighted by Gasteiger charge is -2.22. The summed E-state index contributed by atoms with van der Waals surface area (Å²) in [4.78, 5) is 11.5. The van der Waals surface area contributed by atoms with Crippen LogP contribution in [-0.4, -0.2) is 24.2 Å². The number of hydrogen-bond donors (Lipinski definition) is 2. The Morgan fingerprint density at radius 2 is 1.82 bits per heavy atom. The molecule has 0 saturated carbocycles. The molecular weight excluding hydrogens is 257 g/mol. The number of nitrogens with one attached hydrogen (secondary N) is 1. The van der Waals surface area contributed by atoms with Crippen LogP contribution < -0.4 is 11.1 Å². The molecule has 0 saturated heterocycles. The Hall–Kier alpha value is -0.490. The number of rotatable bonds is 6. The van der Waals surface area contributed by atoms with E-state index in [2.05, 4.69) is 5.32 Å². The number of halogens is 4. The SMILES string of the molecule is CCCC(C)(N)C(=O)NCCCC(F)(F)F.Cl. The number of alkyl halides is 3. The van der Waals surface area contributed by atoms with E-state index in [4.69, 9.17) is 5.73 Å². The van der Waals surface area contributed by atoms with Gasteiger partial charge in [0.05, 0.1) is 5.54 Å². The first-order valence-corrected chi connectivity index (χ1v) is 5.33. The highest BCUT2D eigenvalue weighted by molar-refractivity contribution is 5.85. The van der Waals surface area contributed by atoms with Crippen LogP contribution in [0, 0.1) is 0 Å². The molecule has 0 aromatic rings. The fourth-order valence-electron chi connectivity index (χ4n) is 1.33. The molecule has 0 spiro atoms. The van der Waals surface area contributed by atoms with E-state index in [1.54, 1.807) is 6.92 Å². The number of nitrogens with two attached hydrogens (primary N) is 1. The molecule has 0 aliphatic rings. The number of carbonyl (C=O) groups excluding carboxylic acids is 1. The highest BCUT2D eigenvalue weighted by atomic mass is 35.5. The molecule has 1 unspecified atom stereocenters. The summed E-state index contributed by atoms with van der Waals surface area (Å²) in [5.41, 5.74) is 4.71. The van der Waals surface area contributed by atoms with Crippen LogP contribution in [0.2, 0.25) is 0 Å². The summed E-state index contributed by atoms with van der Waals surface area (Å²) >= 11 is 0. The van der Waals surface area contributed by atoms with Crippen molar-refractivity contribution in [1.82, 2.24) is 5.32 Å². The Labute approximate surface area is 106 Å². The summed E-state index contributed by atoms with van der Waals surface area (Å²) in [5.74, 6) is -0.392. The monoisotopic (exact) mass is 276 g/mol. The molecule has 0 fully saturated rings. The maximum absolute atomic E-state index is 11.8. The number of carbonyl (C=O) groups is 1. The summed E-state index contributed by atoms with van der Waals surface area (Å²) in [6.07, 6.45) is -3.90. The van der Waals surface area contributed by atoms with E-state index in [9.17, 15) is 18.0 Å². The summed E-state index contributed by atoms with van der Waals surface area (Å²) in [6.45, 7) is 3.48. The molecule has 1 atom stereocenters. The van der Waals surface area contributed by atoms with E-state index in [1.165, 1.54) is 0 Å². The van der Waals surface area contributed by atoms with Crippen LogP contribution in [-0.2, 0) is 4.79 Å². The molecular formula is C10H20ClF3N2O.